The fraction of sp³-hybridized carbons (Fsp3) is 0.700. The molecule has 4 heteroatoms. The first-order chi connectivity index (χ1) is 6.75. The summed E-state index contributed by atoms with van der Waals surface area (Å²) in [5.41, 5.74) is 5.71. The third-order valence-electron chi connectivity index (χ3n) is 2.31. The molecule has 0 aliphatic carbocycles. The van der Waals surface area contributed by atoms with E-state index in [1.807, 2.05) is 0 Å². The number of unbranched alkanes of at least 4 members (excludes halogenated alkanes) is 4. The van der Waals surface area contributed by atoms with Gasteiger partial charge >= 0.3 is 0 Å². The zero-order valence-electron chi connectivity index (χ0n) is 8.67. The summed E-state index contributed by atoms with van der Waals surface area (Å²) < 4.78 is 1.77. The van der Waals surface area contributed by atoms with Crippen molar-refractivity contribution in [3.8, 4) is 0 Å². The quantitative estimate of drug-likeness (QED) is 0.742. The van der Waals surface area contributed by atoms with E-state index in [9.17, 15) is 0 Å². The summed E-state index contributed by atoms with van der Waals surface area (Å²) in [5.74, 6) is 0.585. The molecule has 1 heterocycles. The Morgan fingerprint density at radius 2 is 2.07 bits per heavy atom. The van der Waals surface area contributed by atoms with Crippen LogP contribution < -0.4 is 5.73 Å². The highest BCUT2D eigenvalue weighted by Gasteiger charge is 2.03. The Labute approximate surface area is 90.2 Å². The Kier molecular flexibility index (Phi) is 4.80. The van der Waals surface area contributed by atoms with E-state index in [0.717, 1.165) is 13.0 Å². The highest BCUT2D eigenvalue weighted by Crippen LogP contribution is 2.17. The molecule has 0 amide bonds. The van der Waals surface area contributed by atoms with Crippen LogP contribution in [0.2, 0.25) is 5.02 Å². The van der Waals surface area contributed by atoms with Crippen LogP contribution in [0.15, 0.2) is 6.20 Å². The lowest BCUT2D eigenvalue weighted by Crippen LogP contribution is -2.04. The largest absolute Gasteiger partial charge is 0.383 e. The van der Waals surface area contributed by atoms with Gasteiger partial charge in [0.2, 0.25) is 0 Å². The Morgan fingerprint density at radius 3 is 2.64 bits per heavy atom. The number of nitrogens with two attached hydrogens (primary N) is 1. The molecule has 0 spiro atoms. The molecule has 1 rings (SSSR count). The van der Waals surface area contributed by atoms with Crippen molar-refractivity contribution >= 4 is 17.4 Å². The maximum Gasteiger partial charge on any atom is 0.140 e. The smallest absolute Gasteiger partial charge is 0.140 e. The standard InChI is InChI=1S/C10H18ClN3/c1-2-3-4-5-6-7-14-10(12)9(11)8-13-14/h8H,2-7,12H2,1H3. The van der Waals surface area contributed by atoms with Crippen molar-refractivity contribution in [1.82, 2.24) is 9.78 Å². The molecule has 0 unspecified atom stereocenters. The second-order valence-electron chi connectivity index (χ2n) is 3.52. The Bertz CT molecular complexity index is 270. The van der Waals surface area contributed by atoms with E-state index in [4.69, 9.17) is 17.3 Å². The summed E-state index contributed by atoms with van der Waals surface area (Å²) in [7, 11) is 0. The molecule has 14 heavy (non-hydrogen) atoms. The zero-order valence-corrected chi connectivity index (χ0v) is 9.43. The van der Waals surface area contributed by atoms with E-state index in [-0.39, 0.29) is 0 Å². The first-order valence-corrected chi connectivity index (χ1v) is 5.60. The van der Waals surface area contributed by atoms with Crippen molar-refractivity contribution in [2.45, 2.75) is 45.6 Å². The molecule has 0 aromatic carbocycles. The van der Waals surface area contributed by atoms with E-state index in [1.54, 1.807) is 10.9 Å². The molecule has 0 fully saturated rings. The second-order valence-corrected chi connectivity index (χ2v) is 3.92. The van der Waals surface area contributed by atoms with Gasteiger partial charge in [-0.05, 0) is 6.42 Å². The van der Waals surface area contributed by atoms with Crippen molar-refractivity contribution in [3.63, 3.8) is 0 Å². The molecule has 0 radical (unpaired) electrons. The van der Waals surface area contributed by atoms with Crippen LogP contribution >= 0.6 is 11.6 Å². The summed E-state index contributed by atoms with van der Waals surface area (Å²) in [6, 6.07) is 0. The second kappa shape index (κ2) is 5.91. The van der Waals surface area contributed by atoms with Crippen molar-refractivity contribution in [2.75, 3.05) is 5.73 Å². The molecular weight excluding hydrogens is 198 g/mol. The fourth-order valence-corrected chi connectivity index (χ4v) is 1.56. The minimum absolute atomic E-state index is 0.554. The predicted molar refractivity (Wildman–Crippen MR) is 60.4 cm³/mol. The van der Waals surface area contributed by atoms with Gasteiger partial charge in [-0.25, -0.2) is 4.68 Å². The van der Waals surface area contributed by atoms with Crippen LogP contribution in [0.1, 0.15) is 39.0 Å². The molecule has 1 aromatic rings. The first kappa shape index (κ1) is 11.4. The van der Waals surface area contributed by atoms with Crippen LogP contribution in [0.25, 0.3) is 0 Å². The van der Waals surface area contributed by atoms with Gasteiger partial charge in [0.25, 0.3) is 0 Å². The SMILES string of the molecule is CCCCCCCn1ncc(Cl)c1N. The average molecular weight is 216 g/mol. The van der Waals surface area contributed by atoms with E-state index in [0.29, 0.717) is 10.8 Å². The summed E-state index contributed by atoms with van der Waals surface area (Å²) in [5, 5.41) is 4.65. The van der Waals surface area contributed by atoms with Gasteiger partial charge in [0.1, 0.15) is 10.8 Å². The summed E-state index contributed by atoms with van der Waals surface area (Å²) in [6.07, 6.45) is 7.85. The Balaban J connectivity index is 2.21. The molecule has 1 aromatic heterocycles. The van der Waals surface area contributed by atoms with Crippen LogP contribution in [0.3, 0.4) is 0 Å². The lowest BCUT2D eigenvalue weighted by atomic mass is 10.1. The van der Waals surface area contributed by atoms with Gasteiger partial charge < -0.3 is 5.73 Å². The molecule has 80 valence electrons. The van der Waals surface area contributed by atoms with Crippen molar-refractivity contribution < 1.29 is 0 Å². The maximum absolute atomic E-state index is 5.78. The molecule has 0 aliphatic rings. The molecule has 0 saturated carbocycles. The van der Waals surface area contributed by atoms with Crippen LogP contribution in [0.5, 0.6) is 0 Å². The van der Waals surface area contributed by atoms with Crippen molar-refractivity contribution in [2.24, 2.45) is 0 Å². The number of hydrogen-bond donors (Lipinski definition) is 1. The van der Waals surface area contributed by atoms with Gasteiger partial charge in [0, 0.05) is 6.54 Å². The molecule has 0 atom stereocenters. The highest BCUT2D eigenvalue weighted by atomic mass is 35.5. The van der Waals surface area contributed by atoms with Gasteiger partial charge in [-0.1, -0.05) is 44.2 Å². The third kappa shape index (κ3) is 3.22. The minimum atomic E-state index is 0.554. The van der Waals surface area contributed by atoms with Gasteiger partial charge in [0.15, 0.2) is 0 Å². The summed E-state index contributed by atoms with van der Waals surface area (Å²) in [4.78, 5) is 0. The number of rotatable bonds is 6. The first-order valence-electron chi connectivity index (χ1n) is 5.22. The molecule has 3 nitrogen and oxygen atoms in total. The van der Waals surface area contributed by atoms with E-state index in [1.165, 1.54) is 25.7 Å². The monoisotopic (exact) mass is 215 g/mol. The van der Waals surface area contributed by atoms with Crippen LogP contribution in [-0.4, -0.2) is 9.78 Å². The summed E-state index contributed by atoms with van der Waals surface area (Å²) >= 11 is 5.78. The number of aryl methyl sites for hydroxylation is 1. The Morgan fingerprint density at radius 1 is 1.36 bits per heavy atom. The number of nitrogen functional groups attached to an aromatic ring is 1. The topological polar surface area (TPSA) is 43.8 Å². The zero-order chi connectivity index (χ0) is 10.4. The van der Waals surface area contributed by atoms with Crippen molar-refractivity contribution in [3.05, 3.63) is 11.2 Å². The Hall–Kier alpha value is -0.700. The van der Waals surface area contributed by atoms with Gasteiger partial charge in [-0.3, -0.25) is 0 Å². The molecule has 0 aliphatic heterocycles. The van der Waals surface area contributed by atoms with E-state index in [2.05, 4.69) is 12.0 Å². The van der Waals surface area contributed by atoms with Gasteiger partial charge in [-0.15, -0.1) is 0 Å². The van der Waals surface area contributed by atoms with Gasteiger partial charge in [0.05, 0.1) is 6.20 Å². The van der Waals surface area contributed by atoms with Crippen LogP contribution in [0.4, 0.5) is 5.82 Å². The van der Waals surface area contributed by atoms with Crippen LogP contribution in [0, 0.1) is 0 Å². The van der Waals surface area contributed by atoms with Gasteiger partial charge in [-0.2, -0.15) is 5.10 Å². The predicted octanol–water partition coefficient (Wildman–Crippen LogP) is 3.09. The maximum atomic E-state index is 5.78. The molecular formula is C10H18ClN3. The molecule has 0 saturated heterocycles. The number of halogens is 1. The number of anilines is 1. The van der Waals surface area contributed by atoms with E-state index >= 15 is 0 Å². The average Bonchev–Trinajstić information content (AvgIpc) is 2.49. The van der Waals surface area contributed by atoms with E-state index < -0.39 is 0 Å². The van der Waals surface area contributed by atoms with Crippen molar-refractivity contribution in [1.29, 1.82) is 0 Å². The number of hydrogen-bond acceptors (Lipinski definition) is 2. The fourth-order valence-electron chi connectivity index (χ4n) is 1.42. The minimum Gasteiger partial charge on any atom is -0.383 e. The third-order valence-corrected chi connectivity index (χ3v) is 2.60. The van der Waals surface area contributed by atoms with Crippen LogP contribution in [-0.2, 0) is 6.54 Å². The summed E-state index contributed by atoms with van der Waals surface area (Å²) in [6.45, 7) is 3.09. The lowest BCUT2D eigenvalue weighted by molar-refractivity contribution is 0.538. The number of nitrogens with zero attached hydrogens (tertiary/aromatic N) is 2. The molecule has 0 bridgehead atoms. The highest BCUT2D eigenvalue weighted by molar-refractivity contribution is 6.32. The number of aromatic nitrogens is 2. The normalized spacial score (nSPS) is 10.7. The molecule has 2 N–H and O–H groups in total. The lowest BCUT2D eigenvalue weighted by Gasteiger charge is -2.03.